The number of methoxy groups -OCH3 is 1. The Labute approximate surface area is 207 Å². The molecule has 6 nitrogen and oxygen atoms in total. The van der Waals surface area contributed by atoms with Gasteiger partial charge in [0.05, 0.1) is 30.7 Å². The van der Waals surface area contributed by atoms with Crippen LogP contribution in [0.5, 0.6) is 11.5 Å². The molecule has 0 fully saturated rings. The molecule has 3 aromatic carbocycles. The summed E-state index contributed by atoms with van der Waals surface area (Å²) in [7, 11) is 1.60. The maximum Gasteiger partial charge on any atom is 0.291 e. The topological polar surface area (TPSA) is 69.0 Å². The molecule has 0 N–H and O–H groups in total. The van der Waals surface area contributed by atoms with Crippen LogP contribution >= 0.6 is 11.6 Å². The van der Waals surface area contributed by atoms with Crippen molar-refractivity contribution in [2.45, 2.75) is 25.9 Å². The van der Waals surface area contributed by atoms with Crippen molar-refractivity contribution in [2.24, 2.45) is 0 Å². The van der Waals surface area contributed by atoms with E-state index in [2.05, 4.69) is 0 Å². The summed E-state index contributed by atoms with van der Waals surface area (Å²) < 4.78 is 17.1. The van der Waals surface area contributed by atoms with Crippen molar-refractivity contribution >= 4 is 28.5 Å². The van der Waals surface area contributed by atoms with Gasteiger partial charge in [0, 0.05) is 11.6 Å². The van der Waals surface area contributed by atoms with Crippen molar-refractivity contribution < 1.29 is 18.7 Å². The van der Waals surface area contributed by atoms with Gasteiger partial charge in [0.1, 0.15) is 17.1 Å². The molecule has 2 heterocycles. The smallest absolute Gasteiger partial charge is 0.291 e. The van der Waals surface area contributed by atoms with Gasteiger partial charge in [-0.2, -0.15) is 0 Å². The third kappa shape index (κ3) is 4.26. The molecule has 0 saturated heterocycles. The van der Waals surface area contributed by atoms with E-state index in [1.165, 1.54) is 0 Å². The number of halogens is 1. The van der Waals surface area contributed by atoms with Gasteiger partial charge in [0.2, 0.25) is 5.76 Å². The summed E-state index contributed by atoms with van der Waals surface area (Å²) in [6, 6.07) is 19.2. The van der Waals surface area contributed by atoms with E-state index in [1.807, 2.05) is 55.5 Å². The molecule has 1 unspecified atom stereocenters. The van der Waals surface area contributed by atoms with Gasteiger partial charge < -0.3 is 18.8 Å². The number of carbonyl (C=O) groups is 1. The van der Waals surface area contributed by atoms with E-state index in [1.54, 1.807) is 30.2 Å². The average Bonchev–Trinajstić information content (AvgIpc) is 3.15. The SMILES string of the molecule is CCCOc1cccc(C2c3c(oc4ccc(Cl)cc4c3=O)C(=O)N2Cc2ccc(OC)cc2)c1. The lowest BCUT2D eigenvalue weighted by molar-refractivity contribution is 0.0714. The molecule has 35 heavy (non-hydrogen) atoms. The highest BCUT2D eigenvalue weighted by Gasteiger charge is 2.42. The molecule has 1 aliphatic rings. The first-order valence-corrected chi connectivity index (χ1v) is 11.8. The van der Waals surface area contributed by atoms with Crippen LogP contribution in [0.3, 0.4) is 0 Å². The number of ether oxygens (including phenoxy) is 2. The molecule has 0 spiro atoms. The summed E-state index contributed by atoms with van der Waals surface area (Å²) in [5.41, 5.74) is 2.05. The second kappa shape index (κ2) is 9.47. The Hall–Kier alpha value is -3.77. The molecular weight excluding hydrogens is 466 g/mol. The summed E-state index contributed by atoms with van der Waals surface area (Å²) in [6.45, 7) is 2.90. The van der Waals surface area contributed by atoms with Gasteiger partial charge in [-0.15, -0.1) is 0 Å². The van der Waals surface area contributed by atoms with Crippen LogP contribution in [0.1, 0.15) is 46.6 Å². The van der Waals surface area contributed by atoms with Crippen molar-refractivity contribution in [1.82, 2.24) is 4.90 Å². The van der Waals surface area contributed by atoms with Gasteiger partial charge in [0.25, 0.3) is 5.91 Å². The third-order valence-electron chi connectivity index (χ3n) is 6.09. The predicted molar refractivity (Wildman–Crippen MR) is 134 cm³/mol. The fourth-order valence-corrected chi connectivity index (χ4v) is 4.60. The Kier molecular flexibility index (Phi) is 6.22. The minimum absolute atomic E-state index is 0.0585. The zero-order valence-electron chi connectivity index (χ0n) is 19.4. The van der Waals surface area contributed by atoms with Gasteiger partial charge in [-0.3, -0.25) is 9.59 Å². The van der Waals surface area contributed by atoms with Gasteiger partial charge in [-0.1, -0.05) is 42.8 Å². The van der Waals surface area contributed by atoms with Crippen molar-refractivity contribution in [1.29, 1.82) is 0 Å². The molecule has 1 atom stereocenters. The van der Waals surface area contributed by atoms with E-state index in [0.29, 0.717) is 33.9 Å². The summed E-state index contributed by atoms with van der Waals surface area (Å²) in [4.78, 5) is 29.0. The van der Waals surface area contributed by atoms with Crippen LogP contribution in [0.2, 0.25) is 5.02 Å². The van der Waals surface area contributed by atoms with Crippen LogP contribution in [0, 0.1) is 0 Å². The molecule has 0 saturated carbocycles. The Morgan fingerprint density at radius 3 is 2.54 bits per heavy atom. The average molecular weight is 490 g/mol. The first kappa shape index (κ1) is 23.0. The Morgan fingerprint density at radius 1 is 1.00 bits per heavy atom. The number of rotatable bonds is 7. The lowest BCUT2D eigenvalue weighted by Crippen LogP contribution is -2.29. The molecule has 1 aliphatic heterocycles. The van der Waals surface area contributed by atoms with E-state index in [9.17, 15) is 9.59 Å². The van der Waals surface area contributed by atoms with E-state index in [-0.39, 0.29) is 23.6 Å². The van der Waals surface area contributed by atoms with Crippen molar-refractivity contribution in [3.05, 3.63) is 104 Å². The number of hydrogen-bond acceptors (Lipinski definition) is 5. The number of benzene rings is 3. The Balaban J connectivity index is 1.66. The van der Waals surface area contributed by atoms with Crippen LogP contribution in [0.15, 0.2) is 75.9 Å². The molecule has 0 aliphatic carbocycles. The fraction of sp³-hybridized carbons (Fsp3) is 0.214. The van der Waals surface area contributed by atoms with Gasteiger partial charge in [-0.25, -0.2) is 0 Å². The van der Waals surface area contributed by atoms with E-state index >= 15 is 0 Å². The maximum atomic E-state index is 13.7. The highest BCUT2D eigenvalue weighted by atomic mass is 35.5. The zero-order valence-corrected chi connectivity index (χ0v) is 20.2. The predicted octanol–water partition coefficient (Wildman–Crippen LogP) is 5.99. The summed E-state index contributed by atoms with van der Waals surface area (Å²) >= 11 is 6.17. The fourth-order valence-electron chi connectivity index (χ4n) is 4.42. The number of amides is 1. The summed E-state index contributed by atoms with van der Waals surface area (Å²) in [6.07, 6.45) is 0.870. The van der Waals surface area contributed by atoms with Crippen LogP contribution in [0.4, 0.5) is 0 Å². The van der Waals surface area contributed by atoms with Crippen molar-refractivity contribution in [3.8, 4) is 11.5 Å². The summed E-state index contributed by atoms with van der Waals surface area (Å²) in [5.74, 6) is 1.13. The van der Waals surface area contributed by atoms with Crippen LogP contribution in [-0.4, -0.2) is 24.5 Å². The minimum Gasteiger partial charge on any atom is -0.497 e. The molecule has 0 radical (unpaired) electrons. The second-order valence-corrected chi connectivity index (χ2v) is 8.86. The largest absolute Gasteiger partial charge is 0.497 e. The first-order chi connectivity index (χ1) is 17.0. The van der Waals surface area contributed by atoms with E-state index < -0.39 is 6.04 Å². The van der Waals surface area contributed by atoms with Gasteiger partial charge >= 0.3 is 0 Å². The van der Waals surface area contributed by atoms with Crippen LogP contribution in [0.25, 0.3) is 11.0 Å². The molecule has 178 valence electrons. The second-order valence-electron chi connectivity index (χ2n) is 8.42. The molecule has 1 amide bonds. The van der Waals surface area contributed by atoms with E-state index in [4.69, 9.17) is 25.5 Å². The quantitative estimate of drug-likeness (QED) is 0.319. The lowest BCUT2D eigenvalue weighted by Gasteiger charge is -2.25. The number of nitrogens with zero attached hydrogens (tertiary/aromatic N) is 1. The highest BCUT2D eigenvalue weighted by Crippen LogP contribution is 2.40. The van der Waals surface area contributed by atoms with Gasteiger partial charge in [0.15, 0.2) is 5.43 Å². The number of fused-ring (bicyclic) bond motifs is 2. The highest BCUT2D eigenvalue weighted by molar-refractivity contribution is 6.31. The molecule has 1 aromatic heterocycles. The van der Waals surface area contributed by atoms with Crippen molar-refractivity contribution in [2.75, 3.05) is 13.7 Å². The molecule has 0 bridgehead atoms. The monoisotopic (exact) mass is 489 g/mol. The molecule has 5 rings (SSSR count). The molecular formula is C28H24ClNO5. The number of carbonyl (C=O) groups excluding carboxylic acids is 1. The molecule has 4 aromatic rings. The molecule has 7 heteroatoms. The summed E-state index contributed by atoms with van der Waals surface area (Å²) in [5, 5.41) is 0.773. The van der Waals surface area contributed by atoms with Gasteiger partial charge in [-0.05, 0) is 60.0 Å². The third-order valence-corrected chi connectivity index (χ3v) is 6.32. The van der Waals surface area contributed by atoms with Crippen molar-refractivity contribution in [3.63, 3.8) is 0 Å². The van der Waals surface area contributed by atoms with E-state index in [0.717, 1.165) is 23.3 Å². The lowest BCUT2D eigenvalue weighted by atomic mass is 9.98. The number of hydrogen-bond donors (Lipinski definition) is 0. The van der Waals surface area contributed by atoms with Crippen LogP contribution < -0.4 is 14.9 Å². The standard InChI is InChI=1S/C28H24ClNO5/c1-3-13-34-21-6-4-5-18(14-21)25-24-26(31)22-15-19(29)9-12-23(22)35-27(24)28(32)30(25)16-17-7-10-20(33-2)11-8-17/h4-12,14-15,25H,3,13,16H2,1-2H3. The zero-order chi connectivity index (χ0) is 24.5. The Bertz CT molecular complexity index is 1460. The normalized spacial score (nSPS) is 14.9. The first-order valence-electron chi connectivity index (χ1n) is 11.4. The van der Waals surface area contributed by atoms with Crippen LogP contribution in [-0.2, 0) is 6.54 Å². The maximum absolute atomic E-state index is 13.7. The Morgan fingerprint density at radius 2 is 1.80 bits per heavy atom. The minimum atomic E-state index is -0.635.